The van der Waals surface area contributed by atoms with Gasteiger partial charge in [-0.1, -0.05) is 29.8 Å². The maximum Gasteiger partial charge on any atom is 0.230 e. The fourth-order valence-electron chi connectivity index (χ4n) is 3.61. The molecule has 0 aliphatic carbocycles. The van der Waals surface area contributed by atoms with E-state index < -0.39 is 0 Å². The van der Waals surface area contributed by atoms with Gasteiger partial charge in [0.05, 0.1) is 46.5 Å². The molecular weight excluding hydrogens is 424 g/mol. The number of carbonyl (C=O) groups excluding carboxylic acids is 1. The number of rotatable bonds is 5. The molecule has 32 heavy (non-hydrogen) atoms. The lowest BCUT2D eigenvalue weighted by atomic mass is 9.99. The van der Waals surface area contributed by atoms with Crippen molar-refractivity contribution in [2.24, 2.45) is 4.99 Å². The number of nitrogens with one attached hydrogen (secondary N) is 1. The van der Waals surface area contributed by atoms with E-state index in [1.165, 1.54) is 0 Å². The third kappa shape index (κ3) is 4.52. The first kappa shape index (κ1) is 22.0. The molecule has 2 N–H and O–H groups in total. The fourth-order valence-corrected chi connectivity index (χ4v) is 3.91. The number of aliphatic imine (C=N–C) groups is 1. The Morgan fingerprint density at radius 3 is 2.62 bits per heavy atom. The van der Waals surface area contributed by atoms with Gasteiger partial charge in [-0.25, -0.2) is 0 Å². The van der Waals surface area contributed by atoms with Crippen molar-refractivity contribution in [2.75, 3.05) is 17.3 Å². The molecule has 164 valence electrons. The molecule has 0 bridgehead atoms. The number of anilines is 2. The first-order chi connectivity index (χ1) is 15.4. The molecule has 0 radical (unpaired) electrons. The molecule has 3 aromatic rings. The van der Waals surface area contributed by atoms with Crippen LogP contribution in [-0.2, 0) is 11.4 Å². The Labute approximate surface area is 192 Å². The van der Waals surface area contributed by atoms with Gasteiger partial charge in [0, 0.05) is 19.3 Å². The van der Waals surface area contributed by atoms with Crippen molar-refractivity contribution >= 4 is 40.3 Å². The van der Waals surface area contributed by atoms with E-state index in [2.05, 4.69) is 29.0 Å². The molecule has 0 spiro atoms. The molecule has 1 aromatic heterocycles. The molecule has 2 aromatic carbocycles. The van der Waals surface area contributed by atoms with Crippen molar-refractivity contribution < 1.29 is 9.90 Å². The summed E-state index contributed by atoms with van der Waals surface area (Å²) in [5, 5.41) is 12.9. The predicted molar refractivity (Wildman–Crippen MR) is 130 cm³/mol. The smallest absolute Gasteiger partial charge is 0.230 e. The van der Waals surface area contributed by atoms with Gasteiger partial charge < -0.3 is 15.3 Å². The SMILES string of the molecule is CC(C)N(C)c1cc2c(cc1Cl)NC(=O)CC(c1cccc(-c3ccnc(CO)c3)c1)=N2. The van der Waals surface area contributed by atoms with Crippen LogP contribution in [0, 0.1) is 0 Å². The Kier molecular flexibility index (Phi) is 6.26. The van der Waals surface area contributed by atoms with Crippen molar-refractivity contribution in [1.29, 1.82) is 0 Å². The van der Waals surface area contributed by atoms with E-state index in [9.17, 15) is 9.90 Å². The Balaban J connectivity index is 1.78. The predicted octanol–water partition coefficient (Wildman–Crippen LogP) is 5.20. The highest BCUT2D eigenvalue weighted by Crippen LogP contribution is 2.39. The van der Waals surface area contributed by atoms with Gasteiger partial charge in [0.1, 0.15) is 0 Å². The van der Waals surface area contributed by atoms with Crippen LogP contribution < -0.4 is 10.2 Å². The third-order valence-corrected chi connectivity index (χ3v) is 5.89. The van der Waals surface area contributed by atoms with Gasteiger partial charge in [-0.3, -0.25) is 14.8 Å². The lowest BCUT2D eigenvalue weighted by Gasteiger charge is -2.25. The molecule has 1 amide bonds. The molecule has 4 rings (SSSR count). The van der Waals surface area contributed by atoms with E-state index in [-0.39, 0.29) is 25.0 Å². The number of nitrogens with zero attached hydrogens (tertiary/aromatic N) is 3. The monoisotopic (exact) mass is 448 g/mol. The summed E-state index contributed by atoms with van der Waals surface area (Å²) in [6.45, 7) is 4.06. The second kappa shape index (κ2) is 9.10. The fraction of sp³-hybridized carbons (Fsp3) is 0.240. The normalized spacial score (nSPS) is 13.3. The van der Waals surface area contributed by atoms with Crippen molar-refractivity contribution in [3.8, 4) is 11.1 Å². The number of fused-ring (bicyclic) bond motifs is 1. The van der Waals surface area contributed by atoms with Crippen LogP contribution in [-0.4, -0.2) is 34.8 Å². The van der Waals surface area contributed by atoms with E-state index in [1.807, 2.05) is 49.5 Å². The van der Waals surface area contributed by atoms with E-state index in [4.69, 9.17) is 16.6 Å². The van der Waals surface area contributed by atoms with E-state index >= 15 is 0 Å². The number of halogens is 1. The van der Waals surface area contributed by atoms with Crippen LogP contribution in [0.3, 0.4) is 0 Å². The highest BCUT2D eigenvalue weighted by molar-refractivity contribution is 6.34. The minimum absolute atomic E-state index is 0.118. The quantitative estimate of drug-likeness (QED) is 0.562. The first-order valence-electron chi connectivity index (χ1n) is 10.5. The Morgan fingerprint density at radius 2 is 1.88 bits per heavy atom. The number of hydrogen-bond donors (Lipinski definition) is 2. The van der Waals surface area contributed by atoms with Gasteiger partial charge in [-0.2, -0.15) is 0 Å². The Morgan fingerprint density at radius 1 is 1.12 bits per heavy atom. The van der Waals surface area contributed by atoms with Crippen molar-refractivity contribution in [2.45, 2.75) is 32.9 Å². The summed E-state index contributed by atoms with van der Waals surface area (Å²) < 4.78 is 0. The van der Waals surface area contributed by atoms with E-state index in [0.29, 0.717) is 27.8 Å². The molecule has 0 saturated carbocycles. The maximum absolute atomic E-state index is 12.6. The number of aliphatic hydroxyl groups is 1. The van der Waals surface area contributed by atoms with Crippen LogP contribution >= 0.6 is 11.6 Å². The van der Waals surface area contributed by atoms with Crippen molar-refractivity contribution in [3.05, 3.63) is 71.0 Å². The molecular formula is C25H25ClN4O2. The molecule has 7 heteroatoms. The van der Waals surface area contributed by atoms with Crippen LogP contribution in [0.15, 0.2) is 59.7 Å². The number of aromatic nitrogens is 1. The van der Waals surface area contributed by atoms with Crippen LogP contribution in [0.2, 0.25) is 5.02 Å². The number of carbonyl (C=O) groups is 1. The molecule has 0 saturated heterocycles. The molecule has 1 aliphatic rings. The molecule has 6 nitrogen and oxygen atoms in total. The van der Waals surface area contributed by atoms with Crippen LogP contribution in [0.25, 0.3) is 11.1 Å². The van der Waals surface area contributed by atoms with E-state index in [0.717, 1.165) is 22.4 Å². The maximum atomic E-state index is 12.6. The summed E-state index contributed by atoms with van der Waals surface area (Å²) >= 11 is 6.50. The van der Waals surface area contributed by atoms with Crippen molar-refractivity contribution in [1.82, 2.24) is 4.98 Å². The standard InChI is InChI=1S/C25H25ClN4O2/c1-15(2)30(3)24-12-23-22(11-20(24)26)29-25(32)13-21(28-23)18-6-4-5-16(9-18)17-7-8-27-19(10-17)14-31/h4-12,15,31H,13-14H2,1-3H3,(H,29,32). The summed E-state index contributed by atoms with van der Waals surface area (Å²) in [4.78, 5) is 23.7. The second-order valence-electron chi connectivity index (χ2n) is 8.08. The van der Waals surface area contributed by atoms with Gasteiger partial charge in [0.2, 0.25) is 5.91 Å². The van der Waals surface area contributed by atoms with Gasteiger partial charge in [0.25, 0.3) is 0 Å². The Bertz CT molecular complexity index is 1210. The largest absolute Gasteiger partial charge is 0.390 e. The highest BCUT2D eigenvalue weighted by Gasteiger charge is 2.21. The van der Waals surface area contributed by atoms with Gasteiger partial charge in [-0.15, -0.1) is 0 Å². The highest BCUT2D eigenvalue weighted by atomic mass is 35.5. The van der Waals surface area contributed by atoms with Crippen LogP contribution in [0.4, 0.5) is 17.1 Å². The summed E-state index contributed by atoms with van der Waals surface area (Å²) in [5.41, 5.74) is 6.19. The number of aliphatic hydroxyl groups excluding tert-OH is 1. The average Bonchev–Trinajstić information content (AvgIpc) is 2.95. The molecule has 0 atom stereocenters. The Hall–Kier alpha value is -3.22. The number of benzene rings is 2. The lowest BCUT2D eigenvalue weighted by Crippen LogP contribution is -2.25. The number of amides is 1. The summed E-state index contributed by atoms with van der Waals surface area (Å²) in [6.07, 6.45) is 1.83. The van der Waals surface area contributed by atoms with Gasteiger partial charge in [0.15, 0.2) is 0 Å². The molecule has 0 unspecified atom stereocenters. The lowest BCUT2D eigenvalue weighted by molar-refractivity contribution is -0.115. The van der Waals surface area contributed by atoms with Crippen molar-refractivity contribution in [3.63, 3.8) is 0 Å². The second-order valence-corrected chi connectivity index (χ2v) is 8.49. The number of pyridine rings is 1. The van der Waals surface area contributed by atoms with Gasteiger partial charge in [-0.05, 0) is 60.9 Å². The zero-order valence-electron chi connectivity index (χ0n) is 18.3. The molecule has 1 aliphatic heterocycles. The third-order valence-electron chi connectivity index (χ3n) is 5.58. The zero-order valence-corrected chi connectivity index (χ0v) is 19.0. The molecule has 0 fully saturated rings. The summed E-state index contributed by atoms with van der Waals surface area (Å²) in [5.74, 6) is -0.139. The molecule has 2 heterocycles. The summed E-state index contributed by atoms with van der Waals surface area (Å²) in [6, 6.07) is 15.6. The topological polar surface area (TPSA) is 77.8 Å². The zero-order chi connectivity index (χ0) is 22.8. The van der Waals surface area contributed by atoms with Crippen LogP contribution in [0.5, 0.6) is 0 Å². The summed E-state index contributed by atoms with van der Waals surface area (Å²) in [7, 11) is 1.98. The number of hydrogen-bond acceptors (Lipinski definition) is 5. The van der Waals surface area contributed by atoms with Crippen LogP contribution in [0.1, 0.15) is 31.5 Å². The van der Waals surface area contributed by atoms with Gasteiger partial charge >= 0.3 is 0 Å². The minimum atomic E-state index is -0.139. The first-order valence-corrected chi connectivity index (χ1v) is 10.8. The average molecular weight is 449 g/mol. The van der Waals surface area contributed by atoms with E-state index in [1.54, 1.807) is 12.3 Å². The minimum Gasteiger partial charge on any atom is -0.390 e.